The van der Waals surface area contributed by atoms with Crippen molar-refractivity contribution in [2.45, 2.75) is 13.8 Å². The molecule has 2 aromatic carbocycles. The largest absolute Gasteiger partial charge is 0.505 e. The molecular weight excluding hydrogens is 358 g/mol. The molecule has 0 unspecified atom stereocenters. The number of carbonyl (C=O) groups is 1. The summed E-state index contributed by atoms with van der Waals surface area (Å²) in [6, 6.07) is 8.90. The topological polar surface area (TPSA) is 88.9 Å². The molecular formula is C22H21NO5. The first-order valence-electron chi connectivity index (χ1n) is 8.63. The Labute approximate surface area is 162 Å². The first-order chi connectivity index (χ1) is 13.3. The Kier molecular flexibility index (Phi) is 5.22. The van der Waals surface area contributed by atoms with Crippen LogP contribution in [0.5, 0.6) is 17.2 Å². The molecule has 0 fully saturated rings. The number of hydrogen-bond acceptors (Lipinski definition) is 5. The van der Waals surface area contributed by atoms with Crippen molar-refractivity contribution in [3.8, 4) is 17.2 Å². The summed E-state index contributed by atoms with van der Waals surface area (Å²) in [4.78, 5) is 15.9. The predicted molar refractivity (Wildman–Crippen MR) is 108 cm³/mol. The maximum atomic E-state index is 11.4. The highest BCUT2D eigenvalue weighted by molar-refractivity contribution is 6.00. The lowest BCUT2D eigenvalue weighted by Crippen LogP contribution is -2.00. The van der Waals surface area contributed by atoms with Gasteiger partial charge in [-0.2, -0.15) is 0 Å². The van der Waals surface area contributed by atoms with E-state index in [1.807, 2.05) is 43.3 Å². The lowest BCUT2D eigenvalue weighted by atomic mass is 10.0. The van der Waals surface area contributed by atoms with Crippen LogP contribution in [0.2, 0.25) is 0 Å². The van der Waals surface area contributed by atoms with Crippen LogP contribution >= 0.6 is 0 Å². The van der Waals surface area contributed by atoms with Gasteiger partial charge in [-0.15, -0.1) is 0 Å². The molecule has 6 heteroatoms. The van der Waals surface area contributed by atoms with Gasteiger partial charge < -0.3 is 19.7 Å². The van der Waals surface area contributed by atoms with Gasteiger partial charge in [0.2, 0.25) is 0 Å². The zero-order valence-electron chi connectivity index (χ0n) is 16.1. The van der Waals surface area contributed by atoms with Crippen molar-refractivity contribution in [1.29, 1.82) is 0 Å². The number of aryl methyl sites for hydroxylation is 2. The van der Waals surface area contributed by atoms with E-state index in [1.165, 1.54) is 6.07 Å². The van der Waals surface area contributed by atoms with Crippen molar-refractivity contribution in [2.24, 2.45) is 0 Å². The van der Waals surface area contributed by atoms with Gasteiger partial charge in [0.1, 0.15) is 11.1 Å². The Morgan fingerprint density at radius 3 is 2.36 bits per heavy atom. The average molecular weight is 379 g/mol. The number of aromatic hydroxyl groups is 1. The smallest absolute Gasteiger partial charge is 0.339 e. The number of fused-ring (bicyclic) bond motifs is 1. The minimum absolute atomic E-state index is 0.156. The van der Waals surface area contributed by atoms with Gasteiger partial charge in [0.15, 0.2) is 17.2 Å². The normalized spacial score (nSPS) is 11.1. The maximum Gasteiger partial charge on any atom is 0.339 e. The van der Waals surface area contributed by atoms with Crippen LogP contribution in [0.3, 0.4) is 0 Å². The van der Waals surface area contributed by atoms with Crippen LogP contribution < -0.4 is 9.47 Å². The van der Waals surface area contributed by atoms with Gasteiger partial charge in [-0.05, 0) is 60.9 Å². The van der Waals surface area contributed by atoms with Gasteiger partial charge in [-0.1, -0.05) is 12.1 Å². The summed E-state index contributed by atoms with van der Waals surface area (Å²) in [5.74, 6) is -0.255. The van der Waals surface area contributed by atoms with Crippen molar-refractivity contribution in [3.63, 3.8) is 0 Å². The van der Waals surface area contributed by atoms with Crippen LogP contribution in [0.1, 0.15) is 32.7 Å². The summed E-state index contributed by atoms with van der Waals surface area (Å²) < 4.78 is 10.6. The molecule has 3 rings (SSSR count). The van der Waals surface area contributed by atoms with E-state index in [4.69, 9.17) is 9.47 Å². The Balaban J connectivity index is 2.08. The van der Waals surface area contributed by atoms with Crippen LogP contribution in [-0.4, -0.2) is 35.4 Å². The van der Waals surface area contributed by atoms with Gasteiger partial charge in [0, 0.05) is 5.39 Å². The number of rotatable bonds is 5. The fourth-order valence-corrected chi connectivity index (χ4v) is 3.06. The van der Waals surface area contributed by atoms with Gasteiger partial charge in [-0.25, -0.2) is 9.78 Å². The van der Waals surface area contributed by atoms with E-state index in [0.717, 1.165) is 22.1 Å². The number of aromatic carboxylic acids is 1. The summed E-state index contributed by atoms with van der Waals surface area (Å²) in [5, 5.41) is 20.4. The molecule has 0 aliphatic rings. The van der Waals surface area contributed by atoms with E-state index < -0.39 is 5.97 Å². The molecule has 28 heavy (non-hydrogen) atoms. The SMILES string of the molecule is COc1ccc(/C=C/c2nc3c(O)c(C(=O)O)cc(C)c3cc2C)cc1OC. The third-order valence-corrected chi connectivity index (χ3v) is 4.59. The summed E-state index contributed by atoms with van der Waals surface area (Å²) in [6.45, 7) is 3.72. The molecule has 0 radical (unpaired) electrons. The number of phenols is 1. The molecule has 0 saturated carbocycles. The number of carboxylic acid groups (broad SMARTS) is 1. The minimum Gasteiger partial charge on any atom is -0.505 e. The Hall–Kier alpha value is -3.54. The van der Waals surface area contributed by atoms with Gasteiger partial charge in [0.25, 0.3) is 0 Å². The summed E-state index contributed by atoms with van der Waals surface area (Å²) in [5.41, 5.74) is 3.30. The van der Waals surface area contributed by atoms with Crippen LogP contribution in [0.25, 0.3) is 23.1 Å². The first kappa shape index (κ1) is 19.2. The second-order valence-corrected chi connectivity index (χ2v) is 6.43. The first-order valence-corrected chi connectivity index (χ1v) is 8.63. The van der Waals surface area contributed by atoms with Crippen molar-refractivity contribution in [2.75, 3.05) is 14.2 Å². The molecule has 0 saturated heterocycles. The number of benzene rings is 2. The van der Waals surface area contributed by atoms with Gasteiger partial charge in [-0.3, -0.25) is 0 Å². The Morgan fingerprint density at radius 2 is 1.71 bits per heavy atom. The summed E-state index contributed by atoms with van der Waals surface area (Å²) in [6.07, 6.45) is 3.69. The van der Waals surface area contributed by atoms with Gasteiger partial charge in [0.05, 0.1) is 19.9 Å². The van der Waals surface area contributed by atoms with Crippen LogP contribution in [0.4, 0.5) is 0 Å². The molecule has 0 amide bonds. The molecule has 0 spiro atoms. The third-order valence-electron chi connectivity index (χ3n) is 4.59. The Bertz CT molecular complexity index is 1100. The zero-order chi connectivity index (χ0) is 20.4. The van der Waals surface area contributed by atoms with Gasteiger partial charge >= 0.3 is 5.97 Å². The molecule has 1 heterocycles. The lowest BCUT2D eigenvalue weighted by Gasteiger charge is -2.10. The number of methoxy groups -OCH3 is 2. The highest BCUT2D eigenvalue weighted by atomic mass is 16.5. The molecule has 0 atom stereocenters. The number of carboxylic acids is 1. The van der Waals surface area contributed by atoms with E-state index >= 15 is 0 Å². The van der Waals surface area contributed by atoms with E-state index in [1.54, 1.807) is 21.1 Å². The number of ether oxygens (including phenoxy) is 2. The standard InChI is InChI=1S/C22H21NO5/c1-12-9-16(22(25)26)21(24)20-15(12)10-13(2)17(23-20)7-5-14-6-8-18(27-3)19(11-14)28-4/h5-11,24H,1-4H3,(H,25,26)/b7-5+. The Morgan fingerprint density at radius 1 is 1.00 bits per heavy atom. The molecule has 3 aromatic rings. The van der Waals surface area contributed by atoms with Crippen molar-refractivity contribution >= 4 is 29.0 Å². The minimum atomic E-state index is -1.19. The quantitative estimate of drug-likeness (QED) is 0.681. The van der Waals surface area contributed by atoms with E-state index in [-0.39, 0.29) is 16.8 Å². The molecule has 0 aliphatic carbocycles. The zero-order valence-corrected chi connectivity index (χ0v) is 16.1. The van der Waals surface area contributed by atoms with Crippen molar-refractivity contribution in [3.05, 3.63) is 58.3 Å². The highest BCUT2D eigenvalue weighted by Gasteiger charge is 2.17. The summed E-state index contributed by atoms with van der Waals surface area (Å²) >= 11 is 0. The maximum absolute atomic E-state index is 11.4. The van der Waals surface area contributed by atoms with E-state index in [9.17, 15) is 15.0 Å². The lowest BCUT2D eigenvalue weighted by molar-refractivity contribution is 0.0694. The predicted octanol–water partition coefficient (Wildman–Crippen LogP) is 4.44. The average Bonchev–Trinajstić information content (AvgIpc) is 2.68. The van der Waals surface area contributed by atoms with Crippen molar-refractivity contribution < 1.29 is 24.5 Å². The monoisotopic (exact) mass is 379 g/mol. The van der Waals surface area contributed by atoms with Crippen LogP contribution in [0.15, 0.2) is 30.3 Å². The fraction of sp³-hybridized carbons (Fsp3) is 0.182. The molecule has 6 nitrogen and oxygen atoms in total. The molecule has 2 N–H and O–H groups in total. The molecule has 0 bridgehead atoms. The van der Waals surface area contributed by atoms with E-state index in [0.29, 0.717) is 17.2 Å². The molecule has 0 aliphatic heterocycles. The second kappa shape index (κ2) is 7.60. The number of aromatic nitrogens is 1. The number of nitrogens with zero attached hydrogens (tertiary/aromatic N) is 1. The number of hydrogen-bond donors (Lipinski definition) is 2. The van der Waals surface area contributed by atoms with Crippen LogP contribution in [-0.2, 0) is 0 Å². The second-order valence-electron chi connectivity index (χ2n) is 6.43. The third kappa shape index (κ3) is 3.49. The van der Waals surface area contributed by atoms with Crippen LogP contribution in [0, 0.1) is 13.8 Å². The van der Waals surface area contributed by atoms with E-state index in [2.05, 4.69) is 4.98 Å². The fourth-order valence-electron chi connectivity index (χ4n) is 3.06. The highest BCUT2D eigenvalue weighted by Crippen LogP contribution is 2.32. The molecule has 1 aromatic heterocycles. The number of pyridine rings is 1. The molecule has 144 valence electrons. The van der Waals surface area contributed by atoms with Crippen molar-refractivity contribution in [1.82, 2.24) is 4.98 Å². The summed E-state index contributed by atoms with van der Waals surface area (Å²) in [7, 11) is 3.15.